The van der Waals surface area contributed by atoms with Crippen molar-refractivity contribution in [2.45, 2.75) is 24.8 Å². The molecule has 2 aliphatic rings. The topological polar surface area (TPSA) is 48.5 Å². The molecule has 1 aromatic carbocycles. The Bertz CT molecular complexity index is 773. The number of nitrogens with one attached hydrogen (secondary N) is 1. The number of nitrogens with zero attached hydrogens (tertiary/aromatic N) is 3. The van der Waals surface area contributed by atoms with Gasteiger partial charge in [0.05, 0.1) is 6.04 Å². The number of likely N-dealkylation sites (tertiary alicyclic amines) is 2. The maximum absolute atomic E-state index is 14.3. The number of hydrogen-bond acceptors (Lipinski definition) is 3. The van der Waals surface area contributed by atoms with Crippen LogP contribution < -0.4 is 5.32 Å². The van der Waals surface area contributed by atoms with Crippen LogP contribution in [0.15, 0.2) is 48.7 Å². The lowest BCUT2D eigenvalue weighted by atomic mass is 9.96. The highest BCUT2D eigenvalue weighted by atomic mass is 19.1. The van der Waals surface area contributed by atoms with Gasteiger partial charge in [0.15, 0.2) is 0 Å². The van der Waals surface area contributed by atoms with E-state index in [0.29, 0.717) is 31.1 Å². The minimum atomic E-state index is -0.206. The number of amides is 2. The summed E-state index contributed by atoms with van der Waals surface area (Å²) in [5.74, 6) is 0.0979. The average molecular weight is 368 g/mol. The van der Waals surface area contributed by atoms with Gasteiger partial charge in [-0.25, -0.2) is 9.18 Å². The lowest BCUT2D eigenvalue weighted by molar-refractivity contribution is 0.145. The minimum absolute atomic E-state index is 0.0808. The van der Waals surface area contributed by atoms with E-state index in [1.165, 1.54) is 6.07 Å². The second kappa shape index (κ2) is 8.05. The van der Waals surface area contributed by atoms with Gasteiger partial charge in [-0.1, -0.05) is 24.3 Å². The molecule has 1 atom stereocenters. The SMILES string of the molecule is O=C(NC[C@@H](c1ccccc1F)N1CCCC1)N1CC(c2ccccn2)C1. The summed E-state index contributed by atoms with van der Waals surface area (Å²) >= 11 is 0. The van der Waals surface area contributed by atoms with E-state index in [1.807, 2.05) is 30.3 Å². The van der Waals surface area contributed by atoms with Crippen molar-refractivity contribution in [3.63, 3.8) is 0 Å². The van der Waals surface area contributed by atoms with E-state index in [-0.39, 0.29) is 17.9 Å². The van der Waals surface area contributed by atoms with Crippen molar-refractivity contribution in [3.05, 3.63) is 65.7 Å². The Labute approximate surface area is 159 Å². The monoisotopic (exact) mass is 368 g/mol. The van der Waals surface area contributed by atoms with Gasteiger partial charge in [-0.2, -0.15) is 0 Å². The molecular weight excluding hydrogens is 343 g/mol. The molecule has 2 fully saturated rings. The molecule has 27 heavy (non-hydrogen) atoms. The van der Waals surface area contributed by atoms with Crippen molar-refractivity contribution in [3.8, 4) is 0 Å². The first-order chi connectivity index (χ1) is 13.2. The van der Waals surface area contributed by atoms with Crippen LogP contribution in [0, 0.1) is 5.82 Å². The van der Waals surface area contributed by atoms with E-state index in [1.54, 1.807) is 17.2 Å². The Morgan fingerprint density at radius 1 is 1.15 bits per heavy atom. The van der Waals surface area contributed by atoms with E-state index < -0.39 is 0 Å². The lowest BCUT2D eigenvalue weighted by Crippen LogP contribution is -2.53. The summed E-state index contributed by atoms with van der Waals surface area (Å²) in [5.41, 5.74) is 1.69. The highest BCUT2D eigenvalue weighted by Gasteiger charge is 2.33. The molecule has 2 amide bonds. The fourth-order valence-electron chi connectivity index (χ4n) is 3.98. The van der Waals surface area contributed by atoms with Crippen LogP contribution in [0.25, 0.3) is 0 Å². The summed E-state index contributed by atoms with van der Waals surface area (Å²) < 4.78 is 14.3. The van der Waals surface area contributed by atoms with Crippen LogP contribution in [-0.4, -0.2) is 53.5 Å². The number of halogens is 1. The van der Waals surface area contributed by atoms with Crippen molar-refractivity contribution >= 4 is 6.03 Å². The molecule has 5 nitrogen and oxygen atoms in total. The smallest absolute Gasteiger partial charge is 0.317 e. The molecule has 142 valence electrons. The van der Waals surface area contributed by atoms with Crippen LogP contribution >= 0.6 is 0 Å². The summed E-state index contributed by atoms with van der Waals surface area (Å²) in [6.45, 7) is 3.67. The van der Waals surface area contributed by atoms with Crippen LogP contribution in [0.3, 0.4) is 0 Å². The Hall–Kier alpha value is -2.47. The molecule has 0 spiro atoms. The Kier molecular flexibility index (Phi) is 5.34. The van der Waals surface area contributed by atoms with E-state index in [2.05, 4.69) is 15.2 Å². The Morgan fingerprint density at radius 3 is 2.59 bits per heavy atom. The molecule has 1 aromatic heterocycles. The van der Waals surface area contributed by atoms with Crippen LogP contribution in [-0.2, 0) is 0 Å². The summed E-state index contributed by atoms with van der Waals surface area (Å²) in [6.07, 6.45) is 4.03. The minimum Gasteiger partial charge on any atom is -0.336 e. The molecule has 2 aromatic rings. The maximum Gasteiger partial charge on any atom is 0.317 e. The third kappa shape index (κ3) is 3.95. The predicted molar refractivity (Wildman–Crippen MR) is 102 cm³/mol. The van der Waals surface area contributed by atoms with Gasteiger partial charge in [0.1, 0.15) is 5.82 Å². The first-order valence-corrected chi connectivity index (χ1v) is 9.64. The second-order valence-electron chi connectivity index (χ2n) is 7.32. The highest BCUT2D eigenvalue weighted by Crippen LogP contribution is 2.28. The van der Waals surface area contributed by atoms with Gasteiger partial charge in [-0.05, 0) is 44.1 Å². The number of carbonyl (C=O) groups excluding carboxylic acids is 1. The molecule has 0 radical (unpaired) electrons. The predicted octanol–water partition coefficient (Wildman–Crippen LogP) is 3.17. The Balaban J connectivity index is 1.35. The third-order valence-corrected chi connectivity index (χ3v) is 5.57. The van der Waals surface area contributed by atoms with Gasteiger partial charge < -0.3 is 10.2 Å². The lowest BCUT2D eigenvalue weighted by Gasteiger charge is -2.39. The number of rotatable bonds is 5. The number of aromatic nitrogens is 1. The van der Waals surface area contributed by atoms with Crippen LogP contribution in [0.2, 0.25) is 0 Å². The van der Waals surface area contributed by atoms with Crippen molar-refractivity contribution in [1.29, 1.82) is 0 Å². The van der Waals surface area contributed by atoms with Crippen molar-refractivity contribution in [2.24, 2.45) is 0 Å². The largest absolute Gasteiger partial charge is 0.336 e. The zero-order valence-corrected chi connectivity index (χ0v) is 15.4. The molecule has 2 saturated heterocycles. The van der Waals surface area contributed by atoms with Gasteiger partial charge in [0.2, 0.25) is 0 Å². The summed E-state index contributed by atoms with van der Waals surface area (Å²) in [5, 5.41) is 3.02. The van der Waals surface area contributed by atoms with Crippen molar-refractivity contribution in [2.75, 3.05) is 32.7 Å². The fraction of sp³-hybridized carbons (Fsp3) is 0.429. The number of urea groups is 1. The van der Waals surface area contributed by atoms with E-state index in [9.17, 15) is 9.18 Å². The van der Waals surface area contributed by atoms with Crippen molar-refractivity contribution in [1.82, 2.24) is 20.1 Å². The number of hydrogen-bond donors (Lipinski definition) is 1. The van der Waals surface area contributed by atoms with E-state index in [4.69, 9.17) is 0 Å². The highest BCUT2D eigenvalue weighted by molar-refractivity contribution is 5.75. The van der Waals surface area contributed by atoms with Gasteiger partial charge >= 0.3 is 6.03 Å². The summed E-state index contributed by atoms with van der Waals surface area (Å²) in [4.78, 5) is 20.9. The van der Waals surface area contributed by atoms with Gasteiger partial charge in [0, 0.05) is 43.0 Å². The van der Waals surface area contributed by atoms with Gasteiger partial charge in [-0.15, -0.1) is 0 Å². The van der Waals surface area contributed by atoms with Crippen molar-refractivity contribution < 1.29 is 9.18 Å². The normalized spacial score (nSPS) is 18.9. The van der Waals surface area contributed by atoms with E-state index >= 15 is 0 Å². The quantitative estimate of drug-likeness (QED) is 0.882. The Morgan fingerprint density at radius 2 is 1.89 bits per heavy atom. The first kappa shape index (κ1) is 17.9. The van der Waals surface area contributed by atoms with Crippen LogP contribution in [0.4, 0.5) is 9.18 Å². The number of pyridine rings is 1. The fourth-order valence-corrected chi connectivity index (χ4v) is 3.98. The average Bonchev–Trinajstić information content (AvgIpc) is 3.17. The molecule has 4 rings (SSSR count). The van der Waals surface area contributed by atoms with E-state index in [0.717, 1.165) is 31.6 Å². The molecular formula is C21H25FN4O. The zero-order valence-electron chi connectivity index (χ0n) is 15.4. The summed E-state index contributed by atoms with van der Waals surface area (Å²) in [6, 6.07) is 12.5. The molecule has 0 aliphatic carbocycles. The van der Waals surface area contributed by atoms with Crippen LogP contribution in [0.5, 0.6) is 0 Å². The van der Waals surface area contributed by atoms with Crippen LogP contribution in [0.1, 0.15) is 36.1 Å². The maximum atomic E-state index is 14.3. The van der Waals surface area contributed by atoms with Gasteiger partial charge in [0.25, 0.3) is 0 Å². The molecule has 0 bridgehead atoms. The number of benzene rings is 1. The molecule has 3 heterocycles. The first-order valence-electron chi connectivity index (χ1n) is 9.64. The number of carbonyl (C=O) groups is 1. The zero-order chi connectivity index (χ0) is 18.6. The summed E-state index contributed by atoms with van der Waals surface area (Å²) in [7, 11) is 0. The molecule has 6 heteroatoms. The second-order valence-corrected chi connectivity index (χ2v) is 7.32. The standard InChI is InChI=1S/C21H25FN4O/c22-18-8-2-1-7-17(18)20(25-11-5-6-12-25)13-24-21(27)26-14-16(15-26)19-9-3-4-10-23-19/h1-4,7-10,16,20H,5-6,11-15H2,(H,24,27)/t20-/m0/s1. The molecule has 0 unspecified atom stereocenters. The molecule has 1 N–H and O–H groups in total. The van der Waals surface area contributed by atoms with Gasteiger partial charge in [-0.3, -0.25) is 9.88 Å². The third-order valence-electron chi connectivity index (χ3n) is 5.57. The molecule has 0 saturated carbocycles. The molecule has 2 aliphatic heterocycles.